The first kappa shape index (κ1) is 45.4. The Morgan fingerprint density at radius 3 is 2.22 bits per heavy atom. The van der Waals surface area contributed by atoms with Crippen molar-refractivity contribution in [2.75, 3.05) is 34.9 Å². The number of aliphatic hydroxyl groups excluding tert-OH is 1. The number of ether oxygens (including phenoxy) is 2. The molecule has 2 heterocycles. The summed E-state index contributed by atoms with van der Waals surface area (Å²) >= 11 is 1.55. The molecular weight excluding hydrogens is 705 g/mol. The molecular formula is C41H68N6O6S. The number of carbonyl (C=O) groups excluding carboxylic acids is 3. The minimum absolute atomic E-state index is 0.00980. The number of nitrogens with one attached hydrogen (secondary N) is 3. The molecule has 1 fully saturated rings. The topological polar surface area (TPSA) is 145 Å². The molecule has 2 unspecified atom stereocenters. The zero-order valence-electron chi connectivity index (χ0n) is 34.5. The molecule has 3 rings (SSSR count). The Labute approximate surface area is 328 Å². The summed E-state index contributed by atoms with van der Waals surface area (Å²) in [5.41, 5.74) is 1.13. The van der Waals surface area contributed by atoms with E-state index in [-0.39, 0.29) is 65.9 Å². The third-order valence-corrected chi connectivity index (χ3v) is 11.9. The fraction of sp³-hybridized carbons (Fsp3) is 0.707. The Morgan fingerprint density at radius 1 is 1.00 bits per heavy atom. The third-order valence-electron chi connectivity index (χ3n) is 11.0. The SMILES string of the molecule is CC[C@H](C)[C@H](NC(=O)C(NC(=O)[C@H](C(C)C)N(C)C)C(C)C)[C@@H](CC(=O)N1CCC[C@H]1[C@H](OC)[C@@H](C)C(O)N[C@@H](Cc1ccccc1)c1nccs1)OC. The maximum Gasteiger partial charge on any atom is 0.243 e. The van der Waals surface area contributed by atoms with E-state index in [4.69, 9.17) is 9.47 Å². The highest BCUT2D eigenvalue weighted by Crippen LogP contribution is 2.30. The van der Waals surface area contributed by atoms with Gasteiger partial charge >= 0.3 is 0 Å². The van der Waals surface area contributed by atoms with Crippen LogP contribution in [-0.2, 0) is 30.3 Å². The quantitative estimate of drug-likeness (QED) is 0.126. The number of thiazole rings is 1. The number of rotatable bonds is 22. The molecule has 0 aliphatic carbocycles. The molecule has 10 atom stereocenters. The van der Waals surface area contributed by atoms with Gasteiger partial charge < -0.3 is 30.1 Å². The van der Waals surface area contributed by atoms with Crippen molar-refractivity contribution >= 4 is 29.1 Å². The summed E-state index contributed by atoms with van der Waals surface area (Å²) in [4.78, 5) is 49.7. The number of likely N-dealkylation sites (N-methyl/N-ethyl adjacent to an activating group) is 1. The molecule has 0 radical (unpaired) electrons. The van der Waals surface area contributed by atoms with Gasteiger partial charge in [0, 0.05) is 38.3 Å². The van der Waals surface area contributed by atoms with E-state index in [0.29, 0.717) is 13.0 Å². The Kier molecular flexibility index (Phi) is 18.5. The number of aromatic nitrogens is 1. The van der Waals surface area contributed by atoms with E-state index in [0.717, 1.165) is 29.8 Å². The molecule has 1 aromatic carbocycles. The average Bonchev–Trinajstić information content (AvgIpc) is 3.85. The van der Waals surface area contributed by atoms with Gasteiger partial charge in [-0.1, -0.05) is 85.2 Å². The fourth-order valence-electron chi connectivity index (χ4n) is 7.84. The standard InChI is InChI=1S/C41H68N6O6S/c1-12-27(6)35(45-39(50)34(25(2)3)44-40(51)36(26(4)5)46(8)9)32(52-10)24-33(48)47-21-16-19-31(47)37(53-11)28(7)38(49)43-30(41-42-20-22-54-41)23-29-17-14-13-15-18-29/h13-15,17-18,20,22,25-28,30-32,34-38,43,49H,12,16,19,21,23-24H2,1-11H3,(H,44,51)(H,45,50)/t27-,28+,30-,31-,32+,34?,35-,36-,37+,38?/m0/s1. The number of amides is 3. The maximum atomic E-state index is 14.2. The highest BCUT2D eigenvalue weighted by Gasteiger charge is 2.42. The van der Waals surface area contributed by atoms with Gasteiger partial charge in [-0.05, 0) is 56.7 Å². The van der Waals surface area contributed by atoms with Gasteiger partial charge in [0.1, 0.15) is 17.3 Å². The monoisotopic (exact) mass is 772 g/mol. The molecule has 304 valence electrons. The van der Waals surface area contributed by atoms with Crippen LogP contribution in [0.2, 0.25) is 0 Å². The second-order valence-corrected chi connectivity index (χ2v) is 16.8. The van der Waals surface area contributed by atoms with Gasteiger partial charge in [-0.3, -0.25) is 24.6 Å². The van der Waals surface area contributed by atoms with Crippen LogP contribution in [-0.4, -0.2) is 115 Å². The number of benzene rings is 1. The summed E-state index contributed by atoms with van der Waals surface area (Å²) in [6.45, 7) is 14.4. The van der Waals surface area contributed by atoms with Crippen molar-refractivity contribution in [3.8, 4) is 0 Å². The third kappa shape index (κ3) is 12.3. The molecule has 54 heavy (non-hydrogen) atoms. The predicted molar refractivity (Wildman–Crippen MR) is 215 cm³/mol. The number of aliphatic hydroxyl groups is 1. The number of nitrogens with zero attached hydrogens (tertiary/aromatic N) is 3. The minimum Gasteiger partial charge on any atom is -0.379 e. The van der Waals surface area contributed by atoms with E-state index >= 15 is 0 Å². The molecule has 0 saturated carbocycles. The van der Waals surface area contributed by atoms with Crippen LogP contribution in [0.1, 0.15) is 90.8 Å². The summed E-state index contributed by atoms with van der Waals surface area (Å²) in [6, 6.07) is 8.07. The molecule has 13 heteroatoms. The zero-order chi connectivity index (χ0) is 40.1. The number of carbonyl (C=O) groups is 3. The summed E-state index contributed by atoms with van der Waals surface area (Å²) in [5, 5.41) is 24.0. The smallest absolute Gasteiger partial charge is 0.243 e. The first-order chi connectivity index (χ1) is 25.6. The van der Waals surface area contributed by atoms with Crippen LogP contribution in [0, 0.1) is 23.7 Å². The van der Waals surface area contributed by atoms with Crippen molar-refractivity contribution in [1.29, 1.82) is 0 Å². The van der Waals surface area contributed by atoms with Crippen LogP contribution >= 0.6 is 11.3 Å². The lowest BCUT2D eigenvalue weighted by Gasteiger charge is -2.38. The predicted octanol–water partition coefficient (Wildman–Crippen LogP) is 4.64. The molecule has 0 bridgehead atoms. The maximum absolute atomic E-state index is 14.2. The summed E-state index contributed by atoms with van der Waals surface area (Å²) in [5.74, 6) is -1.05. The molecule has 1 aliphatic heterocycles. The first-order valence-electron chi connectivity index (χ1n) is 19.6. The van der Waals surface area contributed by atoms with E-state index in [1.165, 1.54) is 0 Å². The van der Waals surface area contributed by atoms with E-state index < -0.39 is 30.5 Å². The van der Waals surface area contributed by atoms with E-state index in [9.17, 15) is 19.5 Å². The van der Waals surface area contributed by atoms with Crippen molar-refractivity contribution in [3.05, 3.63) is 52.5 Å². The van der Waals surface area contributed by atoms with Crippen molar-refractivity contribution in [2.45, 2.75) is 129 Å². The normalized spacial score (nSPS) is 19.9. The van der Waals surface area contributed by atoms with Gasteiger partial charge in [0.05, 0.1) is 42.8 Å². The molecule has 2 aromatic rings. The first-order valence-corrected chi connectivity index (χ1v) is 20.5. The number of likely N-dealkylation sites (tertiary alicyclic amines) is 1. The summed E-state index contributed by atoms with van der Waals surface area (Å²) < 4.78 is 12.1. The van der Waals surface area contributed by atoms with E-state index in [1.807, 2.05) is 95.9 Å². The van der Waals surface area contributed by atoms with Gasteiger partial charge in [-0.25, -0.2) is 4.98 Å². The van der Waals surface area contributed by atoms with Crippen molar-refractivity contribution in [2.24, 2.45) is 23.7 Å². The van der Waals surface area contributed by atoms with E-state index in [1.54, 1.807) is 31.8 Å². The van der Waals surface area contributed by atoms with Gasteiger partial charge in [0.25, 0.3) is 0 Å². The molecule has 0 spiro atoms. The Morgan fingerprint density at radius 2 is 1.69 bits per heavy atom. The van der Waals surface area contributed by atoms with Crippen molar-refractivity contribution < 1.29 is 29.0 Å². The van der Waals surface area contributed by atoms with Gasteiger partial charge in [0.2, 0.25) is 17.7 Å². The summed E-state index contributed by atoms with van der Waals surface area (Å²) in [6.07, 6.45) is 2.83. The lowest BCUT2D eigenvalue weighted by atomic mass is 9.90. The number of hydrogen-bond donors (Lipinski definition) is 4. The Hall–Kier alpha value is -2.94. The average molecular weight is 773 g/mol. The molecule has 1 saturated heterocycles. The van der Waals surface area contributed by atoms with E-state index in [2.05, 4.69) is 33.1 Å². The Balaban J connectivity index is 1.75. The molecule has 12 nitrogen and oxygen atoms in total. The largest absolute Gasteiger partial charge is 0.379 e. The van der Waals surface area contributed by atoms with Crippen molar-refractivity contribution in [3.63, 3.8) is 0 Å². The van der Waals surface area contributed by atoms with Gasteiger partial charge in [-0.15, -0.1) is 11.3 Å². The second-order valence-electron chi connectivity index (χ2n) is 15.9. The van der Waals surface area contributed by atoms with Crippen LogP contribution < -0.4 is 16.0 Å². The van der Waals surface area contributed by atoms with Crippen LogP contribution in [0.4, 0.5) is 0 Å². The molecule has 1 aromatic heterocycles. The van der Waals surface area contributed by atoms with Crippen molar-refractivity contribution in [1.82, 2.24) is 30.7 Å². The van der Waals surface area contributed by atoms with Crippen LogP contribution in [0.3, 0.4) is 0 Å². The number of hydrogen-bond acceptors (Lipinski definition) is 10. The van der Waals surface area contributed by atoms with Gasteiger partial charge in [0.15, 0.2) is 0 Å². The van der Waals surface area contributed by atoms with Crippen LogP contribution in [0.5, 0.6) is 0 Å². The minimum atomic E-state index is -0.926. The summed E-state index contributed by atoms with van der Waals surface area (Å²) in [7, 11) is 6.93. The molecule has 4 N–H and O–H groups in total. The molecule has 1 aliphatic rings. The number of methoxy groups -OCH3 is 2. The zero-order valence-corrected chi connectivity index (χ0v) is 35.3. The van der Waals surface area contributed by atoms with Crippen LogP contribution in [0.15, 0.2) is 41.9 Å². The highest BCUT2D eigenvalue weighted by molar-refractivity contribution is 7.09. The lowest BCUT2D eigenvalue weighted by Crippen LogP contribution is -2.59. The highest BCUT2D eigenvalue weighted by atomic mass is 32.1. The second kappa shape index (κ2) is 22.0. The van der Waals surface area contributed by atoms with Crippen LogP contribution in [0.25, 0.3) is 0 Å². The lowest BCUT2D eigenvalue weighted by molar-refractivity contribution is -0.141. The Bertz CT molecular complexity index is 1400. The van der Waals surface area contributed by atoms with Gasteiger partial charge in [-0.2, -0.15) is 0 Å². The molecule has 3 amide bonds. The fourth-order valence-corrected chi connectivity index (χ4v) is 8.54.